The van der Waals surface area contributed by atoms with Gasteiger partial charge in [-0.05, 0) is 19.1 Å². The zero-order valence-electron chi connectivity index (χ0n) is 21.4. The lowest BCUT2D eigenvalue weighted by Crippen LogP contribution is -2.49. The number of amides is 2. The van der Waals surface area contributed by atoms with Crippen molar-refractivity contribution in [2.45, 2.75) is 13.5 Å². The molecule has 2 amide bonds. The summed E-state index contributed by atoms with van der Waals surface area (Å²) in [6, 6.07) is 2.11. The number of aryl methyl sites for hydroxylation is 2. The van der Waals surface area contributed by atoms with Gasteiger partial charge in [0.05, 0.1) is 44.4 Å². The second kappa shape index (κ2) is 10.7. The van der Waals surface area contributed by atoms with Crippen LogP contribution in [0.1, 0.15) is 11.3 Å². The van der Waals surface area contributed by atoms with Gasteiger partial charge >= 0.3 is 6.03 Å². The highest BCUT2D eigenvalue weighted by Crippen LogP contribution is 2.41. The molecule has 3 aromatic rings. The first-order chi connectivity index (χ1) is 18.2. The van der Waals surface area contributed by atoms with Crippen LogP contribution in [0.2, 0.25) is 0 Å². The number of carbonyl (C=O) groups is 1. The Balaban J connectivity index is 1.87. The largest absolute Gasteiger partial charge is 0.493 e. The molecule has 1 aromatic carbocycles. The average molecular weight is 524 g/mol. The number of allylic oxidation sites excluding steroid dienone is 1. The molecular formula is C26H27F2N7O3. The Labute approximate surface area is 218 Å². The molecule has 1 aliphatic rings. The molecule has 0 radical (unpaired) electrons. The molecule has 0 unspecified atom stereocenters. The Hall–Kier alpha value is -4.74. The number of nitrogens with two attached hydrogens (primary N) is 1. The second-order valence-electron chi connectivity index (χ2n) is 8.43. The summed E-state index contributed by atoms with van der Waals surface area (Å²) >= 11 is 0. The van der Waals surface area contributed by atoms with Gasteiger partial charge in [0.2, 0.25) is 0 Å². The van der Waals surface area contributed by atoms with Crippen LogP contribution >= 0.6 is 0 Å². The number of urea groups is 1. The van der Waals surface area contributed by atoms with Gasteiger partial charge in [-0.2, -0.15) is 5.10 Å². The van der Waals surface area contributed by atoms with Crippen LogP contribution in [0.3, 0.4) is 0 Å². The Morgan fingerprint density at radius 3 is 2.50 bits per heavy atom. The summed E-state index contributed by atoms with van der Waals surface area (Å²) in [4.78, 5) is 24.6. The van der Waals surface area contributed by atoms with Crippen LogP contribution in [-0.2, 0) is 13.6 Å². The molecule has 12 heteroatoms. The summed E-state index contributed by atoms with van der Waals surface area (Å²) in [6.07, 6.45) is 7.66. The summed E-state index contributed by atoms with van der Waals surface area (Å²) in [5.74, 6) is -2.63. The molecule has 2 N–H and O–H groups in total. The molecule has 0 saturated heterocycles. The first-order valence-corrected chi connectivity index (χ1v) is 11.5. The van der Waals surface area contributed by atoms with Crippen LogP contribution in [0.15, 0.2) is 54.1 Å². The number of anilines is 2. The molecule has 0 bridgehead atoms. The van der Waals surface area contributed by atoms with E-state index in [1.165, 1.54) is 37.6 Å². The van der Waals surface area contributed by atoms with Gasteiger partial charge in [-0.25, -0.2) is 13.6 Å². The number of benzene rings is 1. The van der Waals surface area contributed by atoms with Crippen LogP contribution in [0, 0.1) is 18.6 Å². The molecule has 0 fully saturated rings. The predicted molar refractivity (Wildman–Crippen MR) is 141 cm³/mol. The third kappa shape index (κ3) is 4.80. The third-order valence-electron chi connectivity index (χ3n) is 5.97. The van der Waals surface area contributed by atoms with Crippen LogP contribution < -0.4 is 25.0 Å². The standard InChI is InChI=1S/C26H27F2N7O3/c1-6-30-8-7-17(29)13-34-20-9-19(18-14-33(3)32-15(18)2)31-11-16(20)12-35(26(34)36)25-23(27)21(37-4)10-22(38-5)24(25)28/h6-11,14H,1,12-13,29H2,2-5H3/b17-7-,30-8?. The summed E-state index contributed by atoms with van der Waals surface area (Å²) in [5.41, 5.74) is 9.00. The van der Waals surface area contributed by atoms with Gasteiger partial charge in [0.15, 0.2) is 23.1 Å². The van der Waals surface area contributed by atoms with E-state index in [-0.39, 0.29) is 30.3 Å². The first-order valence-electron chi connectivity index (χ1n) is 11.5. The molecule has 2 aromatic heterocycles. The first kappa shape index (κ1) is 26.3. The highest BCUT2D eigenvalue weighted by molar-refractivity contribution is 6.07. The van der Waals surface area contributed by atoms with Gasteiger partial charge < -0.3 is 15.2 Å². The maximum Gasteiger partial charge on any atom is 0.329 e. The van der Waals surface area contributed by atoms with E-state index in [9.17, 15) is 4.79 Å². The fourth-order valence-corrected chi connectivity index (χ4v) is 4.20. The van der Waals surface area contributed by atoms with Crippen molar-refractivity contribution < 1.29 is 23.0 Å². The Bertz CT molecular complexity index is 1440. The van der Waals surface area contributed by atoms with E-state index >= 15 is 8.78 Å². The molecule has 38 heavy (non-hydrogen) atoms. The zero-order valence-corrected chi connectivity index (χ0v) is 21.4. The Kier molecular flexibility index (Phi) is 7.42. The van der Waals surface area contributed by atoms with Gasteiger partial charge in [-0.15, -0.1) is 0 Å². The van der Waals surface area contributed by atoms with E-state index in [0.29, 0.717) is 16.9 Å². The van der Waals surface area contributed by atoms with Crippen molar-refractivity contribution in [2.24, 2.45) is 17.8 Å². The molecule has 0 saturated carbocycles. The van der Waals surface area contributed by atoms with Crippen molar-refractivity contribution in [3.63, 3.8) is 0 Å². The number of halogens is 2. The van der Waals surface area contributed by atoms with Crippen LogP contribution in [0.4, 0.5) is 25.0 Å². The number of pyridine rings is 1. The number of nitrogens with zero attached hydrogens (tertiary/aromatic N) is 6. The zero-order chi connectivity index (χ0) is 27.6. The maximum atomic E-state index is 15.4. The quantitative estimate of drug-likeness (QED) is 0.446. The summed E-state index contributed by atoms with van der Waals surface area (Å²) < 4.78 is 42.6. The molecule has 3 heterocycles. The normalized spacial score (nSPS) is 13.7. The van der Waals surface area contributed by atoms with Crippen molar-refractivity contribution in [2.75, 3.05) is 30.6 Å². The Morgan fingerprint density at radius 1 is 1.24 bits per heavy atom. The van der Waals surface area contributed by atoms with Gasteiger partial charge in [-0.1, -0.05) is 6.58 Å². The second-order valence-corrected chi connectivity index (χ2v) is 8.43. The number of hydrogen-bond donors (Lipinski definition) is 1. The van der Waals surface area contributed by atoms with E-state index < -0.39 is 23.4 Å². The highest BCUT2D eigenvalue weighted by atomic mass is 19.1. The molecule has 10 nitrogen and oxygen atoms in total. The number of carbonyl (C=O) groups excluding carboxylic acids is 1. The fraction of sp³-hybridized carbons (Fsp3) is 0.231. The predicted octanol–water partition coefficient (Wildman–Crippen LogP) is 4.09. The molecule has 0 spiro atoms. The lowest BCUT2D eigenvalue weighted by Gasteiger charge is -2.37. The molecule has 1 aliphatic heterocycles. The van der Waals surface area contributed by atoms with Crippen LogP contribution in [0.5, 0.6) is 11.5 Å². The smallest absolute Gasteiger partial charge is 0.329 e. The molecule has 0 aliphatic carbocycles. The van der Waals surface area contributed by atoms with E-state index in [1.54, 1.807) is 24.0 Å². The monoisotopic (exact) mass is 523 g/mol. The maximum absolute atomic E-state index is 15.4. The van der Waals surface area contributed by atoms with Crippen LogP contribution in [-0.4, -0.2) is 47.8 Å². The number of fused-ring (bicyclic) bond motifs is 1. The number of hydrogen-bond acceptors (Lipinski definition) is 7. The number of aromatic nitrogens is 3. The van der Waals surface area contributed by atoms with Gasteiger partial charge in [-0.3, -0.25) is 24.5 Å². The van der Waals surface area contributed by atoms with Crippen molar-refractivity contribution in [1.82, 2.24) is 14.8 Å². The van der Waals surface area contributed by atoms with E-state index in [0.717, 1.165) is 22.2 Å². The minimum absolute atomic E-state index is 0.0920. The number of ether oxygens (including phenoxy) is 2. The van der Waals surface area contributed by atoms with Gasteiger partial charge in [0.25, 0.3) is 0 Å². The van der Waals surface area contributed by atoms with Crippen LogP contribution in [0.25, 0.3) is 11.3 Å². The van der Waals surface area contributed by atoms with Gasteiger partial charge in [0.1, 0.15) is 5.69 Å². The van der Waals surface area contributed by atoms with E-state index in [1.807, 2.05) is 13.1 Å². The molecular weight excluding hydrogens is 496 g/mol. The molecule has 198 valence electrons. The SMILES string of the molecule is C=CN=C/C=C(\N)CN1C(=O)N(c2c(F)c(OC)cc(OC)c2F)Cc2cnc(-c3cn(C)nc3C)cc21. The molecule has 4 rings (SSSR count). The topological polar surface area (TPSA) is 111 Å². The van der Waals surface area contributed by atoms with Crippen molar-refractivity contribution >= 4 is 23.6 Å². The van der Waals surface area contributed by atoms with E-state index in [4.69, 9.17) is 15.2 Å². The summed E-state index contributed by atoms with van der Waals surface area (Å²) in [7, 11) is 4.27. The van der Waals surface area contributed by atoms with Crippen molar-refractivity contribution in [3.8, 4) is 22.8 Å². The number of rotatable bonds is 8. The lowest BCUT2D eigenvalue weighted by molar-refractivity contribution is 0.249. The highest BCUT2D eigenvalue weighted by Gasteiger charge is 2.37. The number of aliphatic imine (C=N–C) groups is 1. The van der Waals surface area contributed by atoms with Gasteiger partial charge in [0, 0.05) is 54.7 Å². The Morgan fingerprint density at radius 2 is 1.92 bits per heavy atom. The fourth-order valence-electron chi connectivity index (χ4n) is 4.20. The summed E-state index contributed by atoms with van der Waals surface area (Å²) in [6.45, 7) is 5.11. The molecule has 0 atom stereocenters. The van der Waals surface area contributed by atoms with Crippen molar-refractivity contribution in [3.05, 3.63) is 72.0 Å². The van der Waals surface area contributed by atoms with E-state index in [2.05, 4.69) is 21.7 Å². The summed E-state index contributed by atoms with van der Waals surface area (Å²) in [5, 5.41) is 4.36. The average Bonchev–Trinajstić information content (AvgIpc) is 3.24. The minimum Gasteiger partial charge on any atom is -0.493 e. The lowest BCUT2D eigenvalue weighted by atomic mass is 10.1. The minimum atomic E-state index is -1.04. The van der Waals surface area contributed by atoms with Crippen molar-refractivity contribution in [1.29, 1.82) is 0 Å². The number of methoxy groups -OCH3 is 2. The third-order valence-corrected chi connectivity index (χ3v) is 5.97.